The second-order valence-corrected chi connectivity index (χ2v) is 4.11. The maximum absolute atomic E-state index is 5.90. The molecule has 2 aromatic carbocycles. The van der Waals surface area contributed by atoms with Crippen LogP contribution in [-0.2, 0) is 0 Å². The summed E-state index contributed by atoms with van der Waals surface area (Å²) < 4.78 is 0. The number of benzene rings is 2. The van der Waals surface area contributed by atoms with Gasteiger partial charge in [-0.1, -0.05) is 48.5 Å². The van der Waals surface area contributed by atoms with Gasteiger partial charge in [-0.2, -0.15) is 0 Å². The monoisotopic (exact) mass is 226 g/mol. The second kappa shape index (κ2) is 5.51. The van der Waals surface area contributed by atoms with Crippen molar-refractivity contribution < 1.29 is 0 Å². The smallest absolute Gasteiger partial charge is 0.0661 e. The van der Waals surface area contributed by atoms with Crippen molar-refractivity contribution in [3.8, 4) is 0 Å². The summed E-state index contributed by atoms with van der Waals surface area (Å²) in [5, 5.41) is 0. The lowest BCUT2D eigenvalue weighted by Gasteiger charge is -2.29. The van der Waals surface area contributed by atoms with Crippen LogP contribution in [-0.4, -0.2) is 13.6 Å². The van der Waals surface area contributed by atoms with Crippen LogP contribution in [0.15, 0.2) is 60.7 Å². The van der Waals surface area contributed by atoms with Crippen molar-refractivity contribution in [2.24, 2.45) is 5.73 Å². The molecule has 2 heteroatoms. The first-order valence-corrected chi connectivity index (χ1v) is 5.86. The van der Waals surface area contributed by atoms with Crippen molar-refractivity contribution in [1.29, 1.82) is 0 Å². The van der Waals surface area contributed by atoms with Gasteiger partial charge < -0.3 is 10.6 Å². The number of hydrogen-bond acceptors (Lipinski definition) is 2. The summed E-state index contributed by atoms with van der Waals surface area (Å²) in [6.07, 6.45) is 0. The molecule has 0 aliphatic heterocycles. The molecule has 0 fully saturated rings. The minimum Gasteiger partial charge on any atom is -0.366 e. The van der Waals surface area contributed by atoms with E-state index in [1.54, 1.807) is 0 Å². The Bertz CT molecular complexity index is 439. The fourth-order valence-corrected chi connectivity index (χ4v) is 2.04. The van der Waals surface area contributed by atoms with Crippen molar-refractivity contribution in [3.05, 3.63) is 66.2 Å². The standard InChI is InChI=1S/C15H18N2/c1-17(14-10-6-3-7-11-14)15(12-16)13-8-4-2-5-9-13/h2-11,15H,12,16H2,1H3/t15-/m0/s1. The Morgan fingerprint density at radius 1 is 0.941 bits per heavy atom. The molecule has 1 atom stereocenters. The molecule has 17 heavy (non-hydrogen) atoms. The van der Waals surface area contributed by atoms with E-state index in [-0.39, 0.29) is 6.04 Å². The van der Waals surface area contributed by atoms with Gasteiger partial charge in [-0.3, -0.25) is 0 Å². The lowest BCUT2D eigenvalue weighted by Crippen LogP contribution is -2.30. The van der Waals surface area contributed by atoms with Crippen molar-refractivity contribution in [1.82, 2.24) is 0 Å². The Morgan fingerprint density at radius 3 is 2.00 bits per heavy atom. The molecule has 2 N–H and O–H groups in total. The molecule has 2 nitrogen and oxygen atoms in total. The molecule has 0 aromatic heterocycles. The van der Waals surface area contributed by atoms with Gasteiger partial charge in [0.2, 0.25) is 0 Å². The highest BCUT2D eigenvalue weighted by Crippen LogP contribution is 2.24. The normalized spacial score (nSPS) is 12.1. The molecule has 0 saturated heterocycles. The maximum Gasteiger partial charge on any atom is 0.0661 e. The summed E-state index contributed by atoms with van der Waals surface area (Å²) in [4.78, 5) is 2.22. The van der Waals surface area contributed by atoms with E-state index in [2.05, 4.69) is 48.3 Å². The maximum atomic E-state index is 5.90. The van der Waals surface area contributed by atoms with Crippen LogP contribution in [0, 0.1) is 0 Å². The lowest BCUT2D eigenvalue weighted by molar-refractivity contribution is 0.681. The molecule has 0 unspecified atom stereocenters. The number of hydrogen-bond donors (Lipinski definition) is 1. The molecule has 0 radical (unpaired) electrons. The summed E-state index contributed by atoms with van der Waals surface area (Å²) in [5.74, 6) is 0. The first-order chi connectivity index (χ1) is 8.33. The predicted octanol–water partition coefficient (Wildman–Crippen LogP) is 2.82. The first kappa shape index (κ1) is 11.7. The SMILES string of the molecule is CN(c1ccccc1)[C@@H](CN)c1ccccc1. The molecule has 0 amide bonds. The lowest BCUT2D eigenvalue weighted by atomic mass is 10.1. The van der Waals surface area contributed by atoms with Crippen LogP contribution in [0.25, 0.3) is 0 Å². The highest BCUT2D eigenvalue weighted by Gasteiger charge is 2.14. The van der Waals surface area contributed by atoms with Gasteiger partial charge in [-0.05, 0) is 17.7 Å². The number of nitrogens with two attached hydrogens (primary N) is 1. The Hall–Kier alpha value is -1.80. The molecular weight excluding hydrogens is 208 g/mol. The quantitative estimate of drug-likeness (QED) is 0.868. The van der Waals surface area contributed by atoms with E-state index >= 15 is 0 Å². The van der Waals surface area contributed by atoms with Crippen LogP contribution >= 0.6 is 0 Å². The first-order valence-electron chi connectivity index (χ1n) is 5.86. The molecular formula is C15H18N2. The number of rotatable bonds is 4. The van der Waals surface area contributed by atoms with Crippen molar-refractivity contribution in [2.45, 2.75) is 6.04 Å². The predicted molar refractivity (Wildman–Crippen MR) is 73.1 cm³/mol. The average Bonchev–Trinajstić information content (AvgIpc) is 2.42. The zero-order chi connectivity index (χ0) is 12.1. The van der Waals surface area contributed by atoms with Crippen LogP contribution < -0.4 is 10.6 Å². The Labute approximate surface area is 103 Å². The topological polar surface area (TPSA) is 29.3 Å². The van der Waals surface area contributed by atoms with Gasteiger partial charge in [0.25, 0.3) is 0 Å². The average molecular weight is 226 g/mol. The van der Waals surface area contributed by atoms with Crippen LogP contribution in [0.5, 0.6) is 0 Å². The van der Waals surface area contributed by atoms with Gasteiger partial charge >= 0.3 is 0 Å². The molecule has 88 valence electrons. The van der Waals surface area contributed by atoms with Crippen molar-refractivity contribution >= 4 is 5.69 Å². The molecule has 2 rings (SSSR count). The number of likely N-dealkylation sites (N-methyl/N-ethyl adjacent to an activating group) is 1. The molecule has 0 aliphatic rings. The molecule has 0 saturated carbocycles. The van der Waals surface area contributed by atoms with Crippen LogP contribution in [0.2, 0.25) is 0 Å². The van der Waals surface area contributed by atoms with E-state index in [4.69, 9.17) is 5.73 Å². The summed E-state index contributed by atoms with van der Waals surface area (Å²) in [5.41, 5.74) is 8.34. The Morgan fingerprint density at radius 2 is 1.47 bits per heavy atom. The Kier molecular flexibility index (Phi) is 3.78. The molecule has 0 heterocycles. The highest BCUT2D eigenvalue weighted by atomic mass is 15.1. The third-order valence-electron chi connectivity index (χ3n) is 3.04. The number of nitrogens with zero attached hydrogens (tertiary/aromatic N) is 1. The fraction of sp³-hybridized carbons (Fsp3) is 0.200. The summed E-state index contributed by atoms with van der Waals surface area (Å²) in [6, 6.07) is 20.9. The van der Waals surface area contributed by atoms with E-state index in [9.17, 15) is 0 Å². The van der Waals surface area contributed by atoms with Crippen LogP contribution in [0.4, 0.5) is 5.69 Å². The van der Waals surface area contributed by atoms with Gasteiger partial charge in [0.1, 0.15) is 0 Å². The minimum atomic E-state index is 0.221. The van der Waals surface area contributed by atoms with E-state index in [1.807, 2.05) is 24.3 Å². The van der Waals surface area contributed by atoms with Crippen molar-refractivity contribution in [3.63, 3.8) is 0 Å². The third kappa shape index (κ3) is 2.66. The Balaban J connectivity index is 2.25. The largest absolute Gasteiger partial charge is 0.366 e. The van der Waals surface area contributed by atoms with Gasteiger partial charge in [-0.25, -0.2) is 0 Å². The van der Waals surface area contributed by atoms with E-state index < -0.39 is 0 Å². The van der Waals surface area contributed by atoms with E-state index in [0.717, 1.165) is 0 Å². The summed E-state index contributed by atoms with van der Waals surface area (Å²) in [7, 11) is 2.08. The van der Waals surface area contributed by atoms with E-state index in [1.165, 1.54) is 11.3 Å². The van der Waals surface area contributed by atoms with E-state index in [0.29, 0.717) is 6.54 Å². The second-order valence-electron chi connectivity index (χ2n) is 4.11. The molecule has 0 bridgehead atoms. The van der Waals surface area contributed by atoms with Crippen molar-refractivity contribution in [2.75, 3.05) is 18.5 Å². The van der Waals surface area contributed by atoms with Crippen LogP contribution in [0.3, 0.4) is 0 Å². The summed E-state index contributed by atoms with van der Waals surface area (Å²) >= 11 is 0. The zero-order valence-corrected chi connectivity index (χ0v) is 10.1. The highest BCUT2D eigenvalue weighted by molar-refractivity contribution is 5.48. The zero-order valence-electron chi connectivity index (χ0n) is 10.1. The minimum absolute atomic E-state index is 0.221. The molecule has 2 aromatic rings. The molecule has 0 spiro atoms. The fourth-order valence-electron chi connectivity index (χ4n) is 2.04. The van der Waals surface area contributed by atoms with Gasteiger partial charge in [-0.15, -0.1) is 0 Å². The number of para-hydroxylation sites is 1. The van der Waals surface area contributed by atoms with Gasteiger partial charge in [0.15, 0.2) is 0 Å². The van der Waals surface area contributed by atoms with Crippen LogP contribution in [0.1, 0.15) is 11.6 Å². The van der Waals surface area contributed by atoms with Gasteiger partial charge in [0.05, 0.1) is 6.04 Å². The number of anilines is 1. The molecule has 0 aliphatic carbocycles. The summed E-state index contributed by atoms with van der Waals surface area (Å²) in [6.45, 7) is 0.607. The van der Waals surface area contributed by atoms with Gasteiger partial charge in [0, 0.05) is 19.3 Å². The third-order valence-corrected chi connectivity index (χ3v) is 3.04.